The Morgan fingerprint density at radius 2 is 1.77 bits per heavy atom. The van der Waals surface area contributed by atoms with Crippen LogP contribution in [0.15, 0.2) is 54.7 Å². The van der Waals surface area contributed by atoms with Crippen molar-refractivity contribution in [3.05, 3.63) is 77.2 Å². The number of methoxy groups -OCH3 is 1. The van der Waals surface area contributed by atoms with Crippen LogP contribution in [0.2, 0.25) is 0 Å². The zero-order chi connectivity index (χ0) is 29.2. The number of esters is 1. The first kappa shape index (κ1) is 30.8. The molecule has 0 spiro atoms. The molecule has 3 aromatic rings. The highest BCUT2D eigenvalue weighted by Crippen LogP contribution is 2.31. The Hall–Kier alpha value is -3.78. The van der Waals surface area contributed by atoms with Crippen molar-refractivity contribution in [1.29, 1.82) is 0 Å². The SMILES string of the molecule is C1CC1.CCN(Cc1cc(C(=O)Oc2cccc(CC(C)C(=O)O)c2)ccc1-c1cc(OC)ncc1F)C(C)C. The first-order valence-corrected chi connectivity index (χ1v) is 13.7. The molecule has 1 unspecified atom stereocenters. The van der Waals surface area contributed by atoms with Gasteiger partial charge in [-0.1, -0.05) is 51.3 Å². The minimum Gasteiger partial charge on any atom is -0.481 e. The number of carbonyl (C=O) groups is 2. The van der Waals surface area contributed by atoms with E-state index in [1.165, 1.54) is 26.4 Å². The number of hydrogen-bond acceptors (Lipinski definition) is 6. The lowest BCUT2D eigenvalue weighted by Gasteiger charge is -2.26. The summed E-state index contributed by atoms with van der Waals surface area (Å²) in [5, 5.41) is 9.18. The predicted molar refractivity (Wildman–Crippen MR) is 153 cm³/mol. The largest absolute Gasteiger partial charge is 0.481 e. The third-order valence-corrected chi connectivity index (χ3v) is 6.61. The van der Waals surface area contributed by atoms with E-state index in [2.05, 4.69) is 23.7 Å². The fourth-order valence-corrected chi connectivity index (χ4v) is 4.07. The maximum absolute atomic E-state index is 14.8. The second-order valence-corrected chi connectivity index (χ2v) is 10.3. The molecule has 0 radical (unpaired) electrons. The van der Waals surface area contributed by atoms with Gasteiger partial charge in [-0.25, -0.2) is 14.2 Å². The van der Waals surface area contributed by atoms with Gasteiger partial charge >= 0.3 is 11.9 Å². The Bertz CT molecular complexity index is 1310. The molecule has 0 amide bonds. The number of hydrogen-bond donors (Lipinski definition) is 1. The highest BCUT2D eigenvalue weighted by molar-refractivity contribution is 5.92. The van der Waals surface area contributed by atoms with Gasteiger partial charge in [0.25, 0.3) is 0 Å². The van der Waals surface area contributed by atoms with Crippen molar-refractivity contribution in [3.63, 3.8) is 0 Å². The molecule has 1 N–H and O–H groups in total. The lowest BCUT2D eigenvalue weighted by Crippen LogP contribution is -2.30. The first-order chi connectivity index (χ1) is 19.1. The molecular weight excluding hydrogens is 511 g/mol. The number of ether oxygens (including phenoxy) is 2. The quantitative estimate of drug-likeness (QED) is 0.208. The number of rotatable bonds is 11. The lowest BCUT2D eigenvalue weighted by atomic mass is 9.96. The summed E-state index contributed by atoms with van der Waals surface area (Å²) in [5.74, 6) is -1.88. The van der Waals surface area contributed by atoms with Gasteiger partial charge in [-0.15, -0.1) is 0 Å². The average Bonchev–Trinajstić information content (AvgIpc) is 3.82. The Kier molecular flexibility index (Phi) is 11.2. The van der Waals surface area contributed by atoms with Crippen molar-refractivity contribution in [2.24, 2.45) is 5.92 Å². The molecule has 1 heterocycles. The highest BCUT2D eigenvalue weighted by Gasteiger charge is 2.19. The molecule has 40 heavy (non-hydrogen) atoms. The number of nitrogens with zero attached hydrogens (tertiary/aromatic N) is 2. The van der Waals surface area contributed by atoms with E-state index in [0.29, 0.717) is 41.3 Å². The standard InChI is InChI=1S/C29H33FN2O5.C3H6/c1-6-32(18(2)3)17-22-14-21(10-11-24(22)25-15-27(36-5)31-16-26(25)30)29(35)37-23-9-7-8-20(13-23)12-19(4)28(33)34;1-2-3-1/h7-11,13-16,18-19H,6,12,17H2,1-5H3,(H,33,34);1-3H2. The zero-order valence-corrected chi connectivity index (χ0v) is 23.9. The maximum Gasteiger partial charge on any atom is 0.343 e. The number of halogens is 1. The minimum atomic E-state index is -0.888. The Morgan fingerprint density at radius 3 is 2.38 bits per heavy atom. The van der Waals surface area contributed by atoms with E-state index in [1.54, 1.807) is 55.5 Å². The van der Waals surface area contributed by atoms with Crippen LogP contribution in [0.1, 0.15) is 68.4 Å². The maximum atomic E-state index is 14.8. The molecule has 1 saturated carbocycles. The van der Waals surface area contributed by atoms with E-state index in [0.717, 1.165) is 23.9 Å². The molecule has 1 aliphatic rings. The molecular formula is C32H39FN2O5. The van der Waals surface area contributed by atoms with E-state index in [4.69, 9.17) is 9.47 Å². The van der Waals surface area contributed by atoms with Crippen LogP contribution in [0.25, 0.3) is 11.1 Å². The van der Waals surface area contributed by atoms with E-state index in [1.807, 2.05) is 6.92 Å². The molecule has 8 heteroatoms. The summed E-state index contributed by atoms with van der Waals surface area (Å²) in [6.07, 6.45) is 5.95. The molecule has 0 bridgehead atoms. The van der Waals surface area contributed by atoms with E-state index in [-0.39, 0.29) is 6.04 Å². The normalized spacial score (nSPS) is 12.9. The fraction of sp³-hybridized carbons (Fsp3) is 0.406. The van der Waals surface area contributed by atoms with Crippen LogP contribution in [-0.4, -0.2) is 46.6 Å². The second kappa shape index (κ2) is 14.6. The number of carboxylic acid groups (broad SMARTS) is 1. The monoisotopic (exact) mass is 550 g/mol. The topological polar surface area (TPSA) is 89.0 Å². The summed E-state index contributed by atoms with van der Waals surface area (Å²) in [6, 6.07) is 13.7. The van der Waals surface area contributed by atoms with Crippen LogP contribution in [-0.2, 0) is 17.8 Å². The smallest absolute Gasteiger partial charge is 0.343 e. The predicted octanol–water partition coefficient (Wildman–Crippen LogP) is 6.78. The number of benzene rings is 2. The number of aromatic nitrogens is 1. The highest BCUT2D eigenvalue weighted by atomic mass is 19.1. The number of carboxylic acids is 1. The molecule has 2 aromatic carbocycles. The van der Waals surface area contributed by atoms with Gasteiger partial charge in [-0.2, -0.15) is 0 Å². The van der Waals surface area contributed by atoms with Crippen LogP contribution in [0.5, 0.6) is 11.6 Å². The fourth-order valence-electron chi connectivity index (χ4n) is 4.07. The van der Waals surface area contributed by atoms with Crippen LogP contribution in [0.3, 0.4) is 0 Å². The van der Waals surface area contributed by atoms with Crippen LogP contribution in [0, 0.1) is 11.7 Å². The van der Waals surface area contributed by atoms with Gasteiger partial charge in [0.1, 0.15) is 11.6 Å². The van der Waals surface area contributed by atoms with E-state index in [9.17, 15) is 19.1 Å². The number of aliphatic carboxylic acids is 1. The van der Waals surface area contributed by atoms with Gasteiger partial charge in [-0.3, -0.25) is 9.69 Å². The molecule has 1 fully saturated rings. The molecule has 1 atom stereocenters. The van der Waals surface area contributed by atoms with Gasteiger partial charge < -0.3 is 14.6 Å². The van der Waals surface area contributed by atoms with E-state index < -0.39 is 23.7 Å². The van der Waals surface area contributed by atoms with Gasteiger partial charge in [0.05, 0.1) is 24.8 Å². The van der Waals surface area contributed by atoms with Crippen molar-refractivity contribution >= 4 is 11.9 Å². The Morgan fingerprint density at radius 1 is 1.05 bits per heavy atom. The molecule has 214 valence electrons. The molecule has 7 nitrogen and oxygen atoms in total. The summed E-state index contributed by atoms with van der Waals surface area (Å²) >= 11 is 0. The Balaban J connectivity index is 0.00000137. The third kappa shape index (κ3) is 8.88. The summed E-state index contributed by atoms with van der Waals surface area (Å²) in [6.45, 7) is 9.10. The first-order valence-electron chi connectivity index (χ1n) is 13.7. The number of pyridine rings is 1. The number of carbonyl (C=O) groups excluding carboxylic acids is 1. The molecule has 1 aliphatic carbocycles. The summed E-state index contributed by atoms with van der Waals surface area (Å²) in [7, 11) is 1.47. The zero-order valence-electron chi connectivity index (χ0n) is 23.9. The van der Waals surface area contributed by atoms with E-state index >= 15 is 0 Å². The molecule has 0 aliphatic heterocycles. The average molecular weight is 551 g/mol. The second-order valence-electron chi connectivity index (χ2n) is 10.3. The van der Waals surface area contributed by atoms with Gasteiger partial charge in [0.15, 0.2) is 0 Å². The summed E-state index contributed by atoms with van der Waals surface area (Å²) < 4.78 is 25.6. The molecule has 4 rings (SSSR count). The van der Waals surface area contributed by atoms with Crippen LogP contribution >= 0.6 is 0 Å². The third-order valence-electron chi connectivity index (χ3n) is 6.61. The van der Waals surface area contributed by atoms with Gasteiger partial charge in [-0.05, 0) is 67.8 Å². The Labute approximate surface area is 236 Å². The molecule has 0 saturated heterocycles. The van der Waals surface area contributed by atoms with Crippen LogP contribution < -0.4 is 9.47 Å². The van der Waals surface area contributed by atoms with Crippen molar-refractivity contribution < 1.29 is 28.6 Å². The van der Waals surface area contributed by atoms with Crippen molar-refractivity contribution in [2.75, 3.05) is 13.7 Å². The van der Waals surface area contributed by atoms with Gasteiger partial charge in [0, 0.05) is 24.2 Å². The van der Waals surface area contributed by atoms with Crippen molar-refractivity contribution in [2.45, 2.75) is 66.0 Å². The lowest BCUT2D eigenvalue weighted by molar-refractivity contribution is -0.141. The van der Waals surface area contributed by atoms with Crippen molar-refractivity contribution in [3.8, 4) is 22.8 Å². The molecule has 1 aromatic heterocycles. The van der Waals surface area contributed by atoms with Crippen molar-refractivity contribution in [1.82, 2.24) is 9.88 Å². The van der Waals surface area contributed by atoms with Gasteiger partial charge in [0.2, 0.25) is 5.88 Å². The minimum absolute atomic E-state index is 0.237. The summed E-state index contributed by atoms with van der Waals surface area (Å²) in [4.78, 5) is 30.4. The van der Waals surface area contributed by atoms with Crippen LogP contribution in [0.4, 0.5) is 4.39 Å². The summed E-state index contributed by atoms with van der Waals surface area (Å²) in [5.41, 5.74) is 2.82.